The van der Waals surface area contributed by atoms with Crippen molar-refractivity contribution in [3.8, 4) is 17.2 Å². The quantitative estimate of drug-likeness (QED) is 0.559. The SMILES string of the molecule is CCOc1ccccc1NC(=S)N(Cc1ccc2c(c1)OCO2)Cc1ccccn1. The van der Waals surface area contributed by atoms with Crippen LogP contribution in [0.2, 0.25) is 0 Å². The summed E-state index contributed by atoms with van der Waals surface area (Å²) in [6.45, 7) is 3.96. The van der Waals surface area contributed by atoms with Gasteiger partial charge < -0.3 is 24.4 Å². The third-order valence-electron chi connectivity index (χ3n) is 4.61. The number of anilines is 1. The lowest BCUT2D eigenvalue weighted by Crippen LogP contribution is -2.34. The van der Waals surface area contributed by atoms with Crippen molar-refractivity contribution in [2.75, 3.05) is 18.7 Å². The van der Waals surface area contributed by atoms with Gasteiger partial charge in [0.05, 0.1) is 24.5 Å². The van der Waals surface area contributed by atoms with E-state index in [1.807, 2.05) is 67.6 Å². The molecule has 30 heavy (non-hydrogen) atoms. The van der Waals surface area contributed by atoms with Gasteiger partial charge in [0.1, 0.15) is 5.75 Å². The molecule has 2 heterocycles. The van der Waals surface area contributed by atoms with Crippen molar-refractivity contribution in [2.45, 2.75) is 20.0 Å². The molecule has 1 N–H and O–H groups in total. The van der Waals surface area contributed by atoms with E-state index in [4.69, 9.17) is 26.4 Å². The molecular weight excluding hydrogens is 398 g/mol. The van der Waals surface area contributed by atoms with Crippen molar-refractivity contribution in [1.29, 1.82) is 0 Å². The van der Waals surface area contributed by atoms with Crippen LogP contribution in [0.25, 0.3) is 0 Å². The summed E-state index contributed by atoms with van der Waals surface area (Å²) in [5.74, 6) is 2.29. The van der Waals surface area contributed by atoms with Crippen molar-refractivity contribution >= 4 is 23.0 Å². The van der Waals surface area contributed by atoms with Gasteiger partial charge in [-0.05, 0) is 61.1 Å². The number of thiocarbonyl (C=S) groups is 1. The molecule has 4 rings (SSSR count). The summed E-state index contributed by atoms with van der Waals surface area (Å²) >= 11 is 5.77. The highest BCUT2D eigenvalue weighted by molar-refractivity contribution is 7.80. The Morgan fingerprint density at radius 1 is 1.07 bits per heavy atom. The molecule has 0 spiro atoms. The Bertz CT molecular complexity index is 1010. The molecule has 0 unspecified atom stereocenters. The average molecular weight is 422 g/mol. The summed E-state index contributed by atoms with van der Waals surface area (Å²) in [5, 5.41) is 3.93. The molecule has 0 saturated carbocycles. The standard InChI is InChI=1S/C23H23N3O3S/c1-2-27-20-9-4-3-8-19(20)25-23(30)26(15-18-7-5-6-12-24-18)14-17-10-11-21-22(13-17)29-16-28-21/h3-13H,2,14-16H2,1H3,(H,25,30). The fourth-order valence-corrected chi connectivity index (χ4v) is 3.43. The molecule has 1 aliphatic heterocycles. The van der Waals surface area contributed by atoms with Crippen LogP contribution in [-0.4, -0.2) is 28.4 Å². The number of nitrogens with one attached hydrogen (secondary N) is 1. The lowest BCUT2D eigenvalue weighted by atomic mass is 10.2. The number of hydrogen-bond acceptors (Lipinski definition) is 5. The average Bonchev–Trinajstić information content (AvgIpc) is 3.23. The predicted molar refractivity (Wildman–Crippen MR) is 120 cm³/mol. The number of hydrogen-bond donors (Lipinski definition) is 1. The van der Waals surface area contributed by atoms with Gasteiger partial charge in [0.25, 0.3) is 0 Å². The Hall–Kier alpha value is -3.32. The second-order valence-electron chi connectivity index (χ2n) is 6.72. The molecule has 2 aromatic carbocycles. The minimum Gasteiger partial charge on any atom is -0.492 e. The van der Waals surface area contributed by atoms with E-state index in [1.165, 1.54) is 0 Å². The number of aromatic nitrogens is 1. The number of benzene rings is 2. The van der Waals surface area contributed by atoms with Crippen LogP contribution in [0, 0.1) is 0 Å². The second-order valence-corrected chi connectivity index (χ2v) is 7.11. The minimum absolute atomic E-state index is 0.255. The molecule has 0 amide bonds. The van der Waals surface area contributed by atoms with E-state index in [1.54, 1.807) is 6.20 Å². The van der Waals surface area contributed by atoms with Crippen molar-refractivity contribution in [3.63, 3.8) is 0 Å². The van der Waals surface area contributed by atoms with Gasteiger partial charge in [0.15, 0.2) is 16.6 Å². The Morgan fingerprint density at radius 3 is 2.73 bits per heavy atom. The predicted octanol–water partition coefficient (Wildman–Crippen LogP) is 4.61. The van der Waals surface area contributed by atoms with Crippen molar-refractivity contribution in [1.82, 2.24) is 9.88 Å². The lowest BCUT2D eigenvalue weighted by Gasteiger charge is -2.26. The van der Waals surface area contributed by atoms with E-state index in [0.717, 1.165) is 34.2 Å². The van der Waals surface area contributed by atoms with Crippen LogP contribution in [-0.2, 0) is 13.1 Å². The summed E-state index contributed by atoms with van der Waals surface area (Å²) in [5.41, 5.74) is 2.83. The first kappa shape index (κ1) is 20.0. The number of ether oxygens (including phenoxy) is 3. The van der Waals surface area contributed by atoms with Crippen LogP contribution in [0.5, 0.6) is 17.2 Å². The molecule has 0 radical (unpaired) electrons. The van der Waals surface area contributed by atoms with Crippen LogP contribution in [0.15, 0.2) is 66.9 Å². The van der Waals surface area contributed by atoms with Gasteiger partial charge in [0, 0.05) is 12.7 Å². The third-order valence-corrected chi connectivity index (χ3v) is 4.97. The van der Waals surface area contributed by atoms with E-state index >= 15 is 0 Å². The molecule has 7 heteroatoms. The highest BCUT2D eigenvalue weighted by Crippen LogP contribution is 2.33. The molecule has 0 atom stereocenters. The molecule has 154 valence electrons. The maximum absolute atomic E-state index is 5.77. The van der Waals surface area contributed by atoms with Crippen LogP contribution in [0.1, 0.15) is 18.2 Å². The van der Waals surface area contributed by atoms with E-state index in [2.05, 4.69) is 15.2 Å². The first-order chi connectivity index (χ1) is 14.7. The van der Waals surface area contributed by atoms with Gasteiger partial charge >= 0.3 is 0 Å². The first-order valence-electron chi connectivity index (χ1n) is 9.79. The van der Waals surface area contributed by atoms with Crippen LogP contribution in [0.3, 0.4) is 0 Å². The molecule has 1 aromatic heterocycles. The monoisotopic (exact) mass is 421 g/mol. The molecule has 0 aliphatic carbocycles. The van der Waals surface area contributed by atoms with E-state index < -0.39 is 0 Å². The van der Waals surface area contributed by atoms with E-state index in [-0.39, 0.29) is 6.79 Å². The third kappa shape index (κ3) is 4.80. The molecule has 1 aliphatic rings. The fourth-order valence-electron chi connectivity index (χ4n) is 3.19. The van der Waals surface area contributed by atoms with Gasteiger partial charge in [-0.1, -0.05) is 24.3 Å². The summed E-state index contributed by atoms with van der Waals surface area (Å²) < 4.78 is 16.7. The zero-order valence-corrected chi connectivity index (χ0v) is 17.5. The molecule has 0 bridgehead atoms. The lowest BCUT2D eigenvalue weighted by molar-refractivity contribution is 0.174. The first-order valence-corrected chi connectivity index (χ1v) is 10.2. The molecule has 0 fully saturated rings. The zero-order chi connectivity index (χ0) is 20.8. The van der Waals surface area contributed by atoms with Gasteiger partial charge in [0.2, 0.25) is 6.79 Å². The topological polar surface area (TPSA) is 55.9 Å². The fraction of sp³-hybridized carbons (Fsp3) is 0.217. The Labute approximate surface area is 181 Å². The summed E-state index contributed by atoms with van der Waals surface area (Å²) in [6, 6.07) is 19.6. The smallest absolute Gasteiger partial charge is 0.231 e. The highest BCUT2D eigenvalue weighted by atomic mass is 32.1. The zero-order valence-electron chi connectivity index (χ0n) is 16.7. The number of pyridine rings is 1. The summed E-state index contributed by atoms with van der Waals surface area (Å²) in [4.78, 5) is 6.52. The molecule has 6 nitrogen and oxygen atoms in total. The van der Waals surface area contributed by atoms with Crippen LogP contribution >= 0.6 is 12.2 Å². The van der Waals surface area contributed by atoms with Gasteiger partial charge in [-0.25, -0.2) is 0 Å². The number of fused-ring (bicyclic) bond motifs is 1. The maximum Gasteiger partial charge on any atom is 0.231 e. The van der Waals surface area contributed by atoms with Crippen LogP contribution < -0.4 is 19.5 Å². The second kappa shape index (κ2) is 9.45. The largest absolute Gasteiger partial charge is 0.492 e. The van der Waals surface area contributed by atoms with Crippen LogP contribution in [0.4, 0.5) is 5.69 Å². The Balaban J connectivity index is 1.56. The number of nitrogens with zero attached hydrogens (tertiary/aromatic N) is 2. The van der Waals surface area contributed by atoms with Crippen molar-refractivity contribution in [3.05, 3.63) is 78.1 Å². The number of para-hydroxylation sites is 2. The van der Waals surface area contributed by atoms with Crippen molar-refractivity contribution < 1.29 is 14.2 Å². The van der Waals surface area contributed by atoms with Gasteiger partial charge in [-0.15, -0.1) is 0 Å². The normalized spacial score (nSPS) is 11.8. The molecule has 0 saturated heterocycles. The van der Waals surface area contributed by atoms with Crippen molar-refractivity contribution in [2.24, 2.45) is 0 Å². The number of rotatable bonds is 7. The Morgan fingerprint density at radius 2 is 1.90 bits per heavy atom. The molecule has 3 aromatic rings. The summed E-state index contributed by atoms with van der Waals surface area (Å²) in [6.07, 6.45) is 1.79. The highest BCUT2D eigenvalue weighted by Gasteiger charge is 2.17. The van der Waals surface area contributed by atoms with Gasteiger partial charge in [-0.3, -0.25) is 4.98 Å². The summed E-state index contributed by atoms with van der Waals surface area (Å²) in [7, 11) is 0. The Kier molecular flexibility index (Phi) is 6.29. The molecular formula is C23H23N3O3S. The maximum atomic E-state index is 5.77. The minimum atomic E-state index is 0.255. The van der Waals surface area contributed by atoms with Gasteiger partial charge in [-0.2, -0.15) is 0 Å². The van der Waals surface area contributed by atoms with E-state index in [0.29, 0.717) is 24.8 Å². The van der Waals surface area contributed by atoms with E-state index in [9.17, 15) is 0 Å².